The molecule has 2 aromatic heterocycles. The molecular formula is C20H24N2O4. The van der Waals surface area contributed by atoms with Gasteiger partial charge in [-0.05, 0) is 57.6 Å². The number of amides is 1. The van der Waals surface area contributed by atoms with E-state index in [4.69, 9.17) is 8.94 Å². The molecule has 1 saturated heterocycles. The van der Waals surface area contributed by atoms with Gasteiger partial charge in [0.2, 0.25) is 0 Å². The van der Waals surface area contributed by atoms with Gasteiger partial charge in [-0.15, -0.1) is 0 Å². The Kier molecular flexibility index (Phi) is 4.42. The maximum absolute atomic E-state index is 13.2. The molecule has 1 amide bonds. The van der Waals surface area contributed by atoms with Crippen LogP contribution in [0.15, 0.2) is 25.9 Å². The lowest BCUT2D eigenvalue weighted by atomic mass is 9.83. The summed E-state index contributed by atoms with van der Waals surface area (Å²) in [4.78, 5) is 27.5. The third-order valence-electron chi connectivity index (χ3n) is 5.64. The van der Waals surface area contributed by atoms with E-state index in [0.717, 1.165) is 49.3 Å². The Labute approximate surface area is 152 Å². The van der Waals surface area contributed by atoms with Gasteiger partial charge < -0.3 is 13.8 Å². The standard InChI is InChI=1S/C20H24N2O4/c1-12-10-17(14-6-5-7-14)25-20(24)18(12)19(23)22-9-4-3-8-16(22)15-11-13(2)26-21-15/h10-11,14,16H,3-9H2,1-2H3. The van der Waals surface area contributed by atoms with Gasteiger partial charge in [-0.1, -0.05) is 11.6 Å². The largest absolute Gasteiger partial charge is 0.427 e. The minimum atomic E-state index is -0.516. The molecule has 4 rings (SSSR count). The molecule has 1 saturated carbocycles. The summed E-state index contributed by atoms with van der Waals surface area (Å²) in [6, 6.07) is 3.59. The number of aromatic nitrogens is 1. The summed E-state index contributed by atoms with van der Waals surface area (Å²) < 4.78 is 10.7. The van der Waals surface area contributed by atoms with Crippen LogP contribution in [0.1, 0.15) is 83.6 Å². The first-order valence-corrected chi connectivity index (χ1v) is 9.43. The highest BCUT2D eigenvalue weighted by Gasteiger charge is 2.33. The maximum atomic E-state index is 13.2. The van der Waals surface area contributed by atoms with Gasteiger partial charge in [-0.3, -0.25) is 4.79 Å². The van der Waals surface area contributed by atoms with Crippen LogP contribution in [-0.2, 0) is 0 Å². The van der Waals surface area contributed by atoms with Gasteiger partial charge in [0, 0.05) is 18.5 Å². The number of piperidine rings is 1. The van der Waals surface area contributed by atoms with Gasteiger partial charge in [0.25, 0.3) is 5.91 Å². The van der Waals surface area contributed by atoms with E-state index >= 15 is 0 Å². The predicted octanol–water partition coefficient (Wildman–Crippen LogP) is 3.88. The molecule has 0 N–H and O–H groups in total. The van der Waals surface area contributed by atoms with Crippen LogP contribution in [0.25, 0.3) is 0 Å². The third-order valence-corrected chi connectivity index (χ3v) is 5.64. The minimum absolute atomic E-state index is 0.153. The molecule has 1 aliphatic carbocycles. The number of rotatable bonds is 3. The molecule has 2 aliphatic rings. The van der Waals surface area contributed by atoms with Crippen molar-refractivity contribution in [3.63, 3.8) is 0 Å². The van der Waals surface area contributed by atoms with Gasteiger partial charge in [-0.2, -0.15) is 0 Å². The van der Waals surface area contributed by atoms with Crippen molar-refractivity contribution in [2.75, 3.05) is 6.54 Å². The molecule has 0 bridgehead atoms. The molecular weight excluding hydrogens is 332 g/mol. The van der Waals surface area contributed by atoms with Gasteiger partial charge in [-0.25, -0.2) is 4.79 Å². The highest BCUT2D eigenvalue weighted by molar-refractivity contribution is 5.95. The number of hydrogen-bond donors (Lipinski definition) is 0. The fourth-order valence-electron chi connectivity index (χ4n) is 3.95. The van der Waals surface area contributed by atoms with Crippen LogP contribution < -0.4 is 5.63 Å². The molecule has 2 aromatic rings. The average molecular weight is 356 g/mol. The number of nitrogens with zero attached hydrogens (tertiary/aromatic N) is 2. The summed E-state index contributed by atoms with van der Waals surface area (Å²) >= 11 is 0. The normalized spacial score (nSPS) is 20.8. The van der Waals surface area contributed by atoms with Crippen molar-refractivity contribution in [2.24, 2.45) is 0 Å². The Balaban J connectivity index is 1.66. The first-order chi connectivity index (χ1) is 12.5. The lowest BCUT2D eigenvalue weighted by molar-refractivity contribution is 0.0595. The fourth-order valence-corrected chi connectivity index (χ4v) is 3.95. The molecule has 0 radical (unpaired) electrons. The van der Waals surface area contributed by atoms with Crippen molar-refractivity contribution in [3.05, 3.63) is 50.9 Å². The maximum Gasteiger partial charge on any atom is 0.349 e. The van der Waals surface area contributed by atoms with Crippen molar-refractivity contribution in [2.45, 2.75) is 64.3 Å². The first-order valence-electron chi connectivity index (χ1n) is 9.43. The minimum Gasteiger partial charge on any atom is -0.427 e. The van der Waals surface area contributed by atoms with Crippen LogP contribution in [0.4, 0.5) is 0 Å². The van der Waals surface area contributed by atoms with Crippen molar-refractivity contribution in [1.82, 2.24) is 10.1 Å². The summed E-state index contributed by atoms with van der Waals surface area (Å²) in [7, 11) is 0. The van der Waals surface area contributed by atoms with Crippen LogP contribution in [0.5, 0.6) is 0 Å². The number of carbonyl (C=O) groups is 1. The fraction of sp³-hybridized carbons (Fsp3) is 0.550. The molecule has 2 fully saturated rings. The Morgan fingerprint density at radius 1 is 1.15 bits per heavy atom. The predicted molar refractivity (Wildman–Crippen MR) is 95.2 cm³/mol. The van der Waals surface area contributed by atoms with Gasteiger partial charge in [0.1, 0.15) is 22.8 Å². The average Bonchev–Trinajstić information content (AvgIpc) is 2.99. The second kappa shape index (κ2) is 6.74. The number of likely N-dealkylation sites (tertiary alicyclic amines) is 1. The molecule has 6 heteroatoms. The molecule has 1 atom stereocenters. The van der Waals surface area contributed by atoms with Crippen molar-refractivity contribution in [3.8, 4) is 0 Å². The number of carbonyl (C=O) groups excluding carboxylic acids is 1. The van der Waals surface area contributed by atoms with Crippen molar-refractivity contribution in [1.29, 1.82) is 0 Å². The molecule has 1 unspecified atom stereocenters. The summed E-state index contributed by atoms with van der Waals surface area (Å²) in [6.07, 6.45) is 6.03. The van der Waals surface area contributed by atoms with Gasteiger partial charge >= 0.3 is 5.63 Å². The van der Waals surface area contributed by atoms with Crippen LogP contribution in [0, 0.1) is 13.8 Å². The molecule has 26 heavy (non-hydrogen) atoms. The van der Waals surface area contributed by atoms with E-state index in [2.05, 4.69) is 5.16 Å². The van der Waals surface area contributed by atoms with E-state index in [1.165, 1.54) is 6.42 Å². The van der Waals surface area contributed by atoms with E-state index < -0.39 is 5.63 Å². The molecule has 138 valence electrons. The summed E-state index contributed by atoms with van der Waals surface area (Å²) in [5.41, 5.74) is 1.09. The zero-order valence-electron chi connectivity index (χ0n) is 15.3. The van der Waals surface area contributed by atoms with E-state index in [0.29, 0.717) is 18.0 Å². The van der Waals surface area contributed by atoms with Crippen molar-refractivity contribution < 1.29 is 13.7 Å². The van der Waals surface area contributed by atoms with E-state index in [1.54, 1.807) is 4.90 Å². The molecule has 0 spiro atoms. The quantitative estimate of drug-likeness (QED) is 0.834. The van der Waals surface area contributed by atoms with Crippen LogP contribution in [-0.4, -0.2) is 22.5 Å². The Bertz CT molecular complexity index is 878. The third kappa shape index (κ3) is 2.97. The van der Waals surface area contributed by atoms with Crippen molar-refractivity contribution >= 4 is 5.91 Å². The van der Waals surface area contributed by atoms with E-state index in [1.807, 2.05) is 26.0 Å². The van der Waals surface area contributed by atoms with Crippen LogP contribution in [0.3, 0.4) is 0 Å². The summed E-state index contributed by atoms with van der Waals surface area (Å²) in [5.74, 6) is 1.50. The monoisotopic (exact) mass is 356 g/mol. The van der Waals surface area contributed by atoms with E-state index in [9.17, 15) is 9.59 Å². The Morgan fingerprint density at radius 2 is 1.96 bits per heavy atom. The zero-order valence-corrected chi connectivity index (χ0v) is 15.3. The first kappa shape index (κ1) is 17.1. The van der Waals surface area contributed by atoms with Gasteiger partial charge in [0.15, 0.2) is 0 Å². The highest BCUT2D eigenvalue weighted by Crippen LogP contribution is 2.37. The molecule has 0 aromatic carbocycles. The van der Waals surface area contributed by atoms with Crippen LogP contribution >= 0.6 is 0 Å². The molecule has 1 aliphatic heterocycles. The second-order valence-corrected chi connectivity index (χ2v) is 7.49. The summed E-state index contributed by atoms with van der Waals surface area (Å²) in [6.45, 7) is 4.27. The number of aryl methyl sites for hydroxylation is 2. The SMILES string of the molecule is Cc1cc(C2CCCCN2C(=O)c2c(C)cc(C3CCC3)oc2=O)no1. The highest BCUT2D eigenvalue weighted by atomic mass is 16.5. The smallest absolute Gasteiger partial charge is 0.349 e. The topological polar surface area (TPSA) is 76.6 Å². The molecule has 3 heterocycles. The lowest BCUT2D eigenvalue weighted by Gasteiger charge is -2.34. The van der Waals surface area contributed by atoms with Crippen LogP contribution in [0.2, 0.25) is 0 Å². The van der Waals surface area contributed by atoms with Gasteiger partial charge in [0.05, 0.1) is 6.04 Å². The zero-order chi connectivity index (χ0) is 18.3. The lowest BCUT2D eigenvalue weighted by Crippen LogP contribution is -2.41. The molecule has 6 nitrogen and oxygen atoms in total. The van der Waals surface area contributed by atoms with E-state index in [-0.39, 0.29) is 17.5 Å². The Hall–Kier alpha value is -2.37. The Morgan fingerprint density at radius 3 is 2.58 bits per heavy atom. The second-order valence-electron chi connectivity index (χ2n) is 7.49. The number of hydrogen-bond acceptors (Lipinski definition) is 5. The summed E-state index contributed by atoms with van der Waals surface area (Å²) in [5, 5.41) is 4.10.